The van der Waals surface area contributed by atoms with Gasteiger partial charge >= 0.3 is 0 Å². The molecule has 4 aromatic carbocycles. The normalized spacial score (nSPS) is 9.55. The molecule has 0 aliphatic heterocycles. The average molecular weight is 411 g/mol. The quantitative estimate of drug-likeness (QED) is 0.400. The number of ketones is 2. The van der Waals surface area contributed by atoms with Gasteiger partial charge in [0.05, 0.1) is 0 Å². The van der Waals surface area contributed by atoms with Gasteiger partial charge in [0.2, 0.25) is 0 Å². The third-order valence-corrected chi connectivity index (χ3v) is 4.61. The van der Waals surface area contributed by atoms with Crippen molar-refractivity contribution >= 4 is 11.6 Å². The number of rotatable bonds is 6. The molecule has 0 atom stereocenters. The minimum Gasteiger partial charge on any atom is -0.412 e. The fraction of sp³-hybridized carbons (Fsp3) is 0.0714. The summed E-state index contributed by atoms with van der Waals surface area (Å²) >= 11 is 0. The first-order valence-electron chi connectivity index (χ1n) is 9.97. The number of benzene rings is 4. The Labute approximate surface area is 183 Å². The zero-order chi connectivity index (χ0) is 21.0. The SMILES string of the molecule is O.O=C(Cc1ccccc1)c1ccccc1.O=C(Cc1ccccc1)c1ccccc1. The molecule has 156 valence electrons. The van der Waals surface area contributed by atoms with Gasteiger partial charge in [0, 0.05) is 24.0 Å². The summed E-state index contributed by atoms with van der Waals surface area (Å²) in [4.78, 5) is 23.6. The standard InChI is InChI=1S/2C14H12O.H2O/c2*15-14(13-9-5-2-6-10-13)11-12-7-3-1-4-8-12;/h2*1-10H,11H2;1H2. The van der Waals surface area contributed by atoms with Crippen molar-refractivity contribution in [2.24, 2.45) is 0 Å². The topological polar surface area (TPSA) is 65.6 Å². The highest BCUT2D eigenvalue weighted by atomic mass is 16.1. The van der Waals surface area contributed by atoms with Gasteiger partial charge in [0.15, 0.2) is 11.6 Å². The summed E-state index contributed by atoms with van der Waals surface area (Å²) in [6.45, 7) is 0. The summed E-state index contributed by atoms with van der Waals surface area (Å²) in [5.41, 5.74) is 3.68. The monoisotopic (exact) mass is 410 g/mol. The largest absolute Gasteiger partial charge is 0.412 e. The van der Waals surface area contributed by atoms with Crippen molar-refractivity contribution in [3.63, 3.8) is 0 Å². The van der Waals surface area contributed by atoms with E-state index in [2.05, 4.69) is 0 Å². The van der Waals surface area contributed by atoms with Crippen LogP contribution in [0.5, 0.6) is 0 Å². The van der Waals surface area contributed by atoms with Gasteiger partial charge < -0.3 is 5.48 Å². The van der Waals surface area contributed by atoms with E-state index in [1.807, 2.05) is 121 Å². The van der Waals surface area contributed by atoms with Crippen molar-refractivity contribution in [3.8, 4) is 0 Å². The first-order chi connectivity index (χ1) is 14.7. The molecule has 4 rings (SSSR count). The lowest BCUT2D eigenvalue weighted by molar-refractivity contribution is 0.0984. The second-order valence-electron chi connectivity index (χ2n) is 6.90. The summed E-state index contributed by atoms with van der Waals surface area (Å²) in [6, 6.07) is 38.4. The molecule has 0 unspecified atom stereocenters. The molecular formula is C28H26O3. The predicted molar refractivity (Wildman–Crippen MR) is 125 cm³/mol. The van der Waals surface area contributed by atoms with Gasteiger partial charge in [-0.15, -0.1) is 0 Å². The van der Waals surface area contributed by atoms with E-state index in [0.29, 0.717) is 12.8 Å². The fourth-order valence-corrected chi connectivity index (χ4v) is 3.01. The smallest absolute Gasteiger partial charge is 0.167 e. The maximum atomic E-state index is 11.8. The van der Waals surface area contributed by atoms with E-state index >= 15 is 0 Å². The second kappa shape index (κ2) is 12.7. The lowest BCUT2D eigenvalue weighted by atomic mass is 10.0. The molecule has 0 bridgehead atoms. The van der Waals surface area contributed by atoms with E-state index in [1.165, 1.54) is 0 Å². The Morgan fingerprint density at radius 3 is 0.968 bits per heavy atom. The lowest BCUT2D eigenvalue weighted by Crippen LogP contribution is -2.02. The Morgan fingerprint density at radius 1 is 0.419 bits per heavy atom. The molecule has 0 saturated heterocycles. The average Bonchev–Trinajstić information content (AvgIpc) is 2.82. The minimum absolute atomic E-state index is 0. The van der Waals surface area contributed by atoms with Gasteiger partial charge in [0.25, 0.3) is 0 Å². The molecule has 0 aromatic heterocycles. The van der Waals surface area contributed by atoms with Crippen LogP contribution in [0.15, 0.2) is 121 Å². The molecule has 0 spiro atoms. The lowest BCUT2D eigenvalue weighted by Gasteiger charge is -2.00. The molecule has 4 aromatic rings. The van der Waals surface area contributed by atoms with E-state index in [0.717, 1.165) is 22.3 Å². The van der Waals surface area contributed by atoms with Crippen LogP contribution >= 0.6 is 0 Å². The van der Waals surface area contributed by atoms with Crippen molar-refractivity contribution in [3.05, 3.63) is 144 Å². The molecule has 3 heteroatoms. The number of hydrogen-bond acceptors (Lipinski definition) is 2. The first-order valence-corrected chi connectivity index (χ1v) is 9.97. The summed E-state index contributed by atoms with van der Waals surface area (Å²) in [5.74, 6) is 0.337. The van der Waals surface area contributed by atoms with Crippen LogP contribution in [-0.2, 0) is 12.8 Å². The summed E-state index contributed by atoms with van der Waals surface area (Å²) in [7, 11) is 0. The highest BCUT2D eigenvalue weighted by molar-refractivity contribution is 5.97. The van der Waals surface area contributed by atoms with Gasteiger partial charge in [0.1, 0.15) is 0 Å². The van der Waals surface area contributed by atoms with E-state index in [4.69, 9.17) is 0 Å². The first kappa shape index (κ1) is 23.5. The molecular weight excluding hydrogens is 384 g/mol. The van der Waals surface area contributed by atoms with E-state index < -0.39 is 0 Å². The van der Waals surface area contributed by atoms with E-state index in [1.54, 1.807) is 0 Å². The highest BCUT2D eigenvalue weighted by Gasteiger charge is 2.06. The van der Waals surface area contributed by atoms with Gasteiger partial charge in [-0.25, -0.2) is 0 Å². The third kappa shape index (κ3) is 7.84. The third-order valence-electron chi connectivity index (χ3n) is 4.61. The predicted octanol–water partition coefficient (Wildman–Crippen LogP) is 5.40. The van der Waals surface area contributed by atoms with Gasteiger partial charge in [-0.1, -0.05) is 121 Å². The second-order valence-corrected chi connectivity index (χ2v) is 6.90. The van der Waals surface area contributed by atoms with Crippen LogP contribution in [0.4, 0.5) is 0 Å². The van der Waals surface area contributed by atoms with Crippen LogP contribution in [0.2, 0.25) is 0 Å². The number of Topliss-reactive ketones (excluding diaryl/α,β-unsaturated/α-hetero) is 2. The molecule has 3 nitrogen and oxygen atoms in total. The molecule has 0 fully saturated rings. The van der Waals surface area contributed by atoms with Gasteiger partial charge in [-0.2, -0.15) is 0 Å². The molecule has 31 heavy (non-hydrogen) atoms. The van der Waals surface area contributed by atoms with Crippen LogP contribution in [0.1, 0.15) is 31.8 Å². The van der Waals surface area contributed by atoms with Crippen molar-refractivity contribution in [2.75, 3.05) is 0 Å². The van der Waals surface area contributed by atoms with E-state index in [-0.39, 0.29) is 17.0 Å². The zero-order valence-electron chi connectivity index (χ0n) is 17.3. The summed E-state index contributed by atoms with van der Waals surface area (Å²) in [5, 5.41) is 0. The highest BCUT2D eigenvalue weighted by Crippen LogP contribution is 2.08. The minimum atomic E-state index is 0. The number of carbonyl (C=O) groups excluding carboxylic acids is 2. The summed E-state index contributed by atoms with van der Waals surface area (Å²) in [6.07, 6.45) is 0.954. The summed E-state index contributed by atoms with van der Waals surface area (Å²) < 4.78 is 0. The maximum absolute atomic E-state index is 11.8. The van der Waals surface area contributed by atoms with Crippen molar-refractivity contribution in [2.45, 2.75) is 12.8 Å². The van der Waals surface area contributed by atoms with Crippen LogP contribution in [0.25, 0.3) is 0 Å². The molecule has 0 amide bonds. The van der Waals surface area contributed by atoms with Crippen LogP contribution in [0.3, 0.4) is 0 Å². The van der Waals surface area contributed by atoms with Gasteiger partial charge in [-0.05, 0) is 11.1 Å². The van der Waals surface area contributed by atoms with Crippen LogP contribution < -0.4 is 0 Å². The molecule has 0 saturated carbocycles. The Kier molecular flexibility index (Phi) is 9.60. The Hall–Kier alpha value is -3.82. The van der Waals surface area contributed by atoms with Crippen molar-refractivity contribution < 1.29 is 15.1 Å². The Bertz CT molecular complexity index is 955. The number of hydrogen-bond donors (Lipinski definition) is 0. The fourth-order valence-electron chi connectivity index (χ4n) is 3.01. The van der Waals surface area contributed by atoms with Crippen molar-refractivity contribution in [1.82, 2.24) is 0 Å². The van der Waals surface area contributed by atoms with Crippen molar-refractivity contribution in [1.29, 1.82) is 0 Å². The molecule has 0 radical (unpaired) electrons. The number of carbonyl (C=O) groups is 2. The van der Waals surface area contributed by atoms with Crippen LogP contribution in [0, 0.1) is 0 Å². The van der Waals surface area contributed by atoms with Gasteiger partial charge in [-0.3, -0.25) is 9.59 Å². The Morgan fingerprint density at radius 2 is 0.677 bits per heavy atom. The van der Waals surface area contributed by atoms with E-state index in [9.17, 15) is 9.59 Å². The molecule has 2 N–H and O–H groups in total. The maximum Gasteiger partial charge on any atom is 0.167 e. The zero-order valence-corrected chi connectivity index (χ0v) is 17.3. The molecule has 0 aliphatic carbocycles. The Balaban J connectivity index is 0.000000213. The van der Waals surface area contributed by atoms with Crippen LogP contribution in [-0.4, -0.2) is 17.0 Å². The molecule has 0 heterocycles. The molecule has 0 aliphatic rings.